The molecule has 2 aliphatic rings. The van der Waals surface area contributed by atoms with Gasteiger partial charge in [0.05, 0.1) is 0 Å². The Morgan fingerprint density at radius 2 is 1.64 bits per heavy atom. The van der Waals surface area contributed by atoms with Gasteiger partial charge < -0.3 is 20.5 Å². The van der Waals surface area contributed by atoms with Gasteiger partial charge in [-0.2, -0.15) is 0 Å². The van der Waals surface area contributed by atoms with E-state index in [1.807, 2.05) is 18.2 Å². The van der Waals surface area contributed by atoms with E-state index < -0.39 is 0 Å². The smallest absolute Gasteiger partial charge is 0.231 e. The van der Waals surface area contributed by atoms with E-state index in [2.05, 4.69) is 41.7 Å². The fraction of sp³-hybridized carbons (Fsp3) is 0.143. The Morgan fingerprint density at radius 1 is 0.840 bits per heavy atom. The van der Waals surface area contributed by atoms with Crippen LogP contribution in [0.3, 0.4) is 0 Å². The van der Waals surface area contributed by atoms with Crippen molar-refractivity contribution in [2.24, 2.45) is 0 Å². The first-order valence-electron chi connectivity index (χ1n) is 8.40. The minimum Gasteiger partial charge on any atom is -0.454 e. The lowest BCUT2D eigenvalue weighted by atomic mass is 10.1. The highest BCUT2D eigenvalue weighted by Crippen LogP contribution is 2.39. The molecule has 0 amide bonds. The molecule has 1 aliphatic heterocycles. The lowest BCUT2D eigenvalue weighted by Crippen LogP contribution is -2.00. The van der Waals surface area contributed by atoms with E-state index in [1.54, 1.807) is 0 Å². The molecular formula is C21H18N2O2. The van der Waals surface area contributed by atoms with Crippen LogP contribution in [0.25, 0.3) is 11.1 Å². The zero-order valence-electron chi connectivity index (χ0n) is 13.7. The number of nitrogens with two attached hydrogens (primary N) is 1. The molecule has 0 bridgehead atoms. The Hall–Kier alpha value is -3.14. The molecule has 3 aromatic carbocycles. The van der Waals surface area contributed by atoms with Crippen LogP contribution in [0.1, 0.15) is 16.7 Å². The fourth-order valence-electron chi connectivity index (χ4n) is 3.60. The molecule has 0 radical (unpaired) electrons. The summed E-state index contributed by atoms with van der Waals surface area (Å²) in [5, 5.41) is 3.50. The summed E-state index contributed by atoms with van der Waals surface area (Å²) in [6, 6.07) is 18.8. The fourth-order valence-corrected chi connectivity index (χ4v) is 3.60. The minimum atomic E-state index is 0.308. The summed E-state index contributed by atoms with van der Waals surface area (Å²) in [7, 11) is 0. The second-order valence-corrected chi connectivity index (χ2v) is 6.51. The van der Waals surface area contributed by atoms with Gasteiger partial charge in [-0.15, -0.1) is 0 Å². The summed E-state index contributed by atoms with van der Waals surface area (Å²) in [6.07, 6.45) is 0.940. The van der Waals surface area contributed by atoms with Crippen molar-refractivity contribution in [3.05, 3.63) is 71.3 Å². The van der Waals surface area contributed by atoms with Crippen molar-refractivity contribution >= 4 is 11.4 Å². The zero-order chi connectivity index (χ0) is 16.8. The van der Waals surface area contributed by atoms with Crippen molar-refractivity contribution in [2.75, 3.05) is 17.8 Å². The molecule has 0 spiro atoms. The van der Waals surface area contributed by atoms with Crippen LogP contribution in [-0.4, -0.2) is 6.79 Å². The van der Waals surface area contributed by atoms with E-state index in [0.29, 0.717) is 6.79 Å². The highest BCUT2D eigenvalue weighted by molar-refractivity contribution is 5.80. The predicted molar refractivity (Wildman–Crippen MR) is 99.0 cm³/mol. The number of hydrogen-bond donors (Lipinski definition) is 2. The highest BCUT2D eigenvalue weighted by Gasteiger charge is 2.18. The molecule has 3 N–H and O–H groups in total. The van der Waals surface area contributed by atoms with Crippen LogP contribution < -0.4 is 20.5 Å². The molecule has 0 unspecified atom stereocenters. The maximum atomic E-state index is 5.91. The van der Waals surface area contributed by atoms with Crippen molar-refractivity contribution < 1.29 is 9.47 Å². The van der Waals surface area contributed by atoms with Crippen molar-refractivity contribution in [3.63, 3.8) is 0 Å². The van der Waals surface area contributed by atoms with Crippen LogP contribution >= 0.6 is 0 Å². The average Bonchev–Trinajstić information content (AvgIpc) is 3.22. The Labute approximate surface area is 146 Å². The Morgan fingerprint density at radius 3 is 2.56 bits per heavy atom. The molecule has 1 aliphatic carbocycles. The largest absolute Gasteiger partial charge is 0.454 e. The Bertz CT molecular complexity index is 982. The maximum Gasteiger partial charge on any atom is 0.231 e. The molecule has 0 saturated carbocycles. The summed E-state index contributed by atoms with van der Waals surface area (Å²) in [4.78, 5) is 0. The van der Waals surface area contributed by atoms with Gasteiger partial charge in [0.25, 0.3) is 0 Å². The third-order valence-corrected chi connectivity index (χ3v) is 4.84. The van der Waals surface area contributed by atoms with E-state index in [-0.39, 0.29) is 0 Å². The molecule has 4 heteroatoms. The molecular weight excluding hydrogens is 312 g/mol. The van der Waals surface area contributed by atoms with Crippen molar-refractivity contribution in [3.8, 4) is 22.6 Å². The van der Waals surface area contributed by atoms with Crippen molar-refractivity contribution in [1.82, 2.24) is 0 Å². The zero-order valence-corrected chi connectivity index (χ0v) is 13.7. The summed E-state index contributed by atoms with van der Waals surface area (Å²) < 4.78 is 10.8. The van der Waals surface area contributed by atoms with Crippen molar-refractivity contribution in [1.29, 1.82) is 0 Å². The van der Waals surface area contributed by atoms with Gasteiger partial charge >= 0.3 is 0 Å². The molecule has 3 aromatic rings. The van der Waals surface area contributed by atoms with Gasteiger partial charge in [-0.05, 0) is 70.6 Å². The molecule has 0 atom stereocenters. The molecule has 0 fully saturated rings. The van der Waals surface area contributed by atoms with Gasteiger partial charge in [-0.1, -0.05) is 18.2 Å². The van der Waals surface area contributed by atoms with Gasteiger partial charge in [0.15, 0.2) is 11.5 Å². The van der Waals surface area contributed by atoms with Gasteiger partial charge in [-0.3, -0.25) is 0 Å². The summed E-state index contributed by atoms with van der Waals surface area (Å²) in [5.74, 6) is 1.64. The summed E-state index contributed by atoms with van der Waals surface area (Å²) in [5.41, 5.74) is 14.3. The SMILES string of the molecule is Nc1ccc2c(c1)Cc1cc(NCc3ccc4c(c3)OCO4)ccc1-2. The van der Waals surface area contributed by atoms with Gasteiger partial charge in [0.1, 0.15) is 0 Å². The predicted octanol–water partition coefficient (Wildman–Crippen LogP) is 4.18. The Kier molecular flexibility index (Phi) is 3.10. The van der Waals surface area contributed by atoms with Crippen LogP contribution in [0, 0.1) is 0 Å². The number of rotatable bonds is 3. The normalized spacial score (nSPS) is 13.4. The number of nitrogens with one attached hydrogen (secondary N) is 1. The minimum absolute atomic E-state index is 0.308. The molecule has 1 heterocycles. The summed E-state index contributed by atoms with van der Waals surface area (Å²) >= 11 is 0. The van der Waals surface area contributed by atoms with Crippen molar-refractivity contribution in [2.45, 2.75) is 13.0 Å². The molecule has 124 valence electrons. The highest BCUT2D eigenvalue weighted by atomic mass is 16.7. The quantitative estimate of drug-likeness (QED) is 0.553. The van der Waals surface area contributed by atoms with E-state index >= 15 is 0 Å². The molecule has 25 heavy (non-hydrogen) atoms. The first kappa shape index (κ1) is 14.2. The number of ether oxygens (including phenoxy) is 2. The van der Waals surface area contributed by atoms with E-state index in [1.165, 1.54) is 27.8 Å². The second-order valence-electron chi connectivity index (χ2n) is 6.51. The van der Waals surface area contributed by atoms with Gasteiger partial charge in [0, 0.05) is 17.9 Å². The molecule has 4 nitrogen and oxygen atoms in total. The molecule has 0 saturated heterocycles. The van der Waals surface area contributed by atoms with Gasteiger partial charge in [-0.25, -0.2) is 0 Å². The molecule has 0 aromatic heterocycles. The van der Waals surface area contributed by atoms with Crippen LogP contribution in [0.2, 0.25) is 0 Å². The number of hydrogen-bond acceptors (Lipinski definition) is 4. The number of fused-ring (bicyclic) bond motifs is 4. The van der Waals surface area contributed by atoms with Crippen LogP contribution in [0.4, 0.5) is 11.4 Å². The van der Waals surface area contributed by atoms with Crippen LogP contribution in [-0.2, 0) is 13.0 Å². The third kappa shape index (κ3) is 2.47. The maximum absolute atomic E-state index is 5.91. The summed E-state index contributed by atoms with van der Waals surface area (Å²) in [6.45, 7) is 1.05. The Balaban J connectivity index is 1.35. The monoisotopic (exact) mass is 330 g/mol. The third-order valence-electron chi connectivity index (χ3n) is 4.84. The lowest BCUT2D eigenvalue weighted by molar-refractivity contribution is 0.174. The van der Waals surface area contributed by atoms with Crippen LogP contribution in [0.5, 0.6) is 11.5 Å². The standard InChI is InChI=1S/C21H18N2O2/c22-16-2-4-18-14(9-16)8-15-10-17(3-5-19(15)18)23-11-13-1-6-20-21(7-13)25-12-24-20/h1-7,9-10,23H,8,11-12,22H2. The number of anilines is 2. The van der Waals surface area contributed by atoms with E-state index in [9.17, 15) is 0 Å². The topological polar surface area (TPSA) is 56.5 Å². The molecule has 5 rings (SSSR count). The van der Waals surface area contributed by atoms with Crippen LogP contribution in [0.15, 0.2) is 54.6 Å². The first-order valence-corrected chi connectivity index (χ1v) is 8.40. The van der Waals surface area contributed by atoms with E-state index in [4.69, 9.17) is 15.2 Å². The van der Waals surface area contributed by atoms with Gasteiger partial charge in [0.2, 0.25) is 6.79 Å². The first-order chi connectivity index (χ1) is 12.3. The average molecular weight is 330 g/mol. The van der Waals surface area contributed by atoms with E-state index in [0.717, 1.165) is 35.8 Å². The number of benzene rings is 3. The lowest BCUT2D eigenvalue weighted by Gasteiger charge is -2.09. The second kappa shape index (κ2) is 5.45. The number of nitrogen functional groups attached to an aromatic ring is 1.